The van der Waals surface area contributed by atoms with Gasteiger partial charge in [-0.1, -0.05) is 25.2 Å². The van der Waals surface area contributed by atoms with E-state index in [1.807, 2.05) is 17.2 Å². The Morgan fingerprint density at radius 3 is 2.81 bits per heavy atom. The summed E-state index contributed by atoms with van der Waals surface area (Å²) in [5, 5.41) is 16.9. The molecule has 1 spiro atoms. The highest BCUT2D eigenvalue weighted by Gasteiger charge is 2.58. The lowest BCUT2D eigenvalue weighted by molar-refractivity contribution is -0.158. The number of dihydropyridines is 1. The molecule has 0 aromatic carbocycles. The molecule has 4 aliphatic rings. The molecule has 0 amide bonds. The molecule has 0 aromatic rings. The summed E-state index contributed by atoms with van der Waals surface area (Å²) in [7, 11) is 0. The monoisotopic (exact) mass is 434 g/mol. The van der Waals surface area contributed by atoms with Crippen LogP contribution in [0.2, 0.25) is 0 Å². The number of aldehydes is 1. The number of aliphatic imine (C=N–C) groups is 1. The van der Waals surface area contributed by atoms with Gasteiger partial charge in [-0.15, -0.1) is 0 Å². The summed E-state index contributed by atoms with van der Waals surface area (Å²) in [6, 6.07) is 0.244. The van der Waals surface area contributed by atoms with Crippen LogP contribution in [-0.2, 0) is 4.79 Å². The van der Waals surface area contributed by atoms with Crippen LogP contribution in [0, 0.1) is 11.3 Å². The Morgan fingerprint density at radius 1 is 1.42 bits per heavy atom. The number of alkyl halides is 2. The Hall–Kier alpha value is -1.90. The lowest BCUT2D eigenvalue weighted by Gasteiger charge is -2.59. The first kappa shape index (κ1) is 22.3. The number of hydrogen-bond acceptors (Lipinski definition) is 6. The van der Waals surface area contributed by atoms with Crippen LogP contribution in [0.15, 0.2) is 41.1 Å². The average Bonchev–Trinajstić information content (AvgIpc) is 2.81. The molecule has 170 valence electrons. The highest BCUT2D eigenvalue weighted by Crippen LogP contribution is 2.47. The van der Waals surface area contributed by atoms with E-state index in [2.05, 4.69) is 21.7 Å². The Morgan fingerprint density at radius 2 is 2.19 bits per heavy atom. The van der Waals surface area contributed by atoms with Crippen molar-refractivity contribution in [3.63, 3.8) is 0 Å². The number of aliphatic hydroxyl groups excluding tert-OH is 1. The van der Waals surface area contributed by atoms with Gasteiger partial charge in [-0.2, -0.15) is 0 Å². The summed E-state index contributed by atoms with van der Waals surface area (Å²) in [6.45, 7) is 2.79. The fraction of sp³-hybridized carbons (Fsp3) is 0.652. The largest absolute Gasteiger partial charge is 0.378 e. The number of carbonyl (C=O) groups excluding carboxylic acids is 1. The van der Waals surface area contributed by atoms with Gasteiger partial charge in [-0.3, -0.25) is 20.0 Å². The Balaban J connectivity index is 1.36. The number of hydrogen-bond donors (Lipinski definition) is 3. The highest BCUT2D eigenvalue weighted by molar-refractivity contribution is 5.72. The first-order valence-electron chi connectivity index (χ1n) is 11.2. The van der Waals surface area contributed by atoms with E-state index in [1.165, 1.54) is 6.92 Å². The summed E-state index contributed by atoms with van der Waals surface area (Å²) in [6.07, 6.45) is 12.9. The van der Waals surface area contributed by atoms with Crippen LogP contribution < -0.4 is 10.6 Å². The van der Waals surface area contributed by atoms with Crippen molar-refractivity contribution in [3.05, 3.63) is 36.1 Å². The summed E-state index contributed by atoms with van der Waals surface area (Å²) in [5.41, 5.74) is 0.419. The van der Waals surface area contributed by atoms with Gasteiger partial charge < -0.3 is 10.4 Å². The number of allylic oxidation sites excluding steroid dienone is 5. The number of halogens is 2. The molecule has 4 unspecified atom stereocenters. The number of rotatable bonds is 7. The maximum absolute atomic E-state index is 14.1. The van der Waals surface area contributed by atoms with Crippen molar-refractivity contribution < 1.29 is 18.7 Å². The normalized spacial score (nSPS) is 33.6. The van der Waals surface area contributed by atoms with Gasteiger partial charge in [-0.25, -0.2) is 8.78 Å². The molecule has 4 rings (SSSR count). The quantitative estimate of drug-likeness (QED) is 0.537. The van der Waals surface area contributed by atoms with Gasteiger partial charge in [0.1, 0.15) is 12.4 Å². The molecule has 0 aromatic heterocycles. The molecule has 6 nitrogen and oxygen atoms in total. The lowest BCUT2D eigenvalue weighted by atomic mass is 9.62. The van der Waals surface area contributed by atoms with Crippen LogP contribution in [0.1, 0.15) is 39.0 Å². The fourth-order valence-electron chi connectivity index (χ4n) is 5.33. The first-order valence-corrected chi connectivity index (χ1v) is 11.2. The van der Waals surface area contributed by atoms with Crippen molar-refractivity contribution >= 4 is 12.5 Å². The second kappa shape index (κ2) is 8.92. The van der Waals surface area contributed by atoms with Gasteiger partial charge in [0.05, 0.1) is 6.04 Å². The summed E-state index contributed by atoms with van der Waals surface area (Å²) in [5.74, 6) is -3.62. The minimum atomic E-state index is -2.76. The molecule has 31 heavy (non-hydrogen) atoms. The molecule has 0 saturated carbocycles. The summed E-state index contributed by atoms with van der Waals surface area (Å²) < 4.78 is 28.2. The van der Waals surface area contributed by atoms with Crippen LogP contribution in [0.3, 0.4) is 0 Å². The minimum Gasteiger partial charge on any atom is -0.378 e. The summed E-state index contributed by atoms with van der Waals surface area (Å²) in [4.78, 5) is 18.5. The molecule has 3 heterocycles. The van der Waals surface area contributed by atoms with Crippen molar-refractivity contribution in [2.24, 2.45) is 16.3 Å². The maximum atomic E-state index is 14.1. The SMILES string of the molecule is CCC(F)(F)C1C=CC=C(NC(C=O)N2CCC3(CC2)C(O)NC3[C@H]2CC=CC=N2)C1. The number of nitrogens with one attached hydrogen (secondary N) is 2. The van der Waals surface area contributed by atoms with E-state index in [1.54, 1.807) is 18.2 Å². The van der Waals surface area contributed by atoms with Gasteiger partial charge in [0.15, 0.2) is 6.29 Å². The number of carbonyl (C=O) groups is 1. The fourth-order valence-corrected chi connectivity index (χ4v) is 5.33. The topological polar surface area (TPSA) is 77.0 Å². The number of likely N-dealkylation sites (tertiary alicyclic amines) is 1. The average molecular weight is 435 g/mol. The van der Waals surface area contributed by atoms with Gasteiger partial charge in [0.25, 0.3) is 5.92 Å². The van der Waals surface area contributed by atoms with E-state index in [4.69, 9.17) is 0 Å². The Labute approximate surface area is 182 Å². The molecule has 2 saturated heterocycles. The first-order chi connectivity index (χ1) is 14.9. The molecule has 5 atom stereocenters. The molecule has 0 radical (unpaired) electrons. The predicted molar refractivity (Wildman–Crippen MR) is 116 cm³/mol. The second-order valence-corrected chi connectivity index (χ2v) is 9.07. The lowest BCUT2D eigenvalue weighted by Crippen LogP contribution is -2.75. The van der Waals surface area contributed by atoms with E-state index < -0.39 is 24.2 Å². The molecular formula is C23H32F2N4O2. The van der Waals surface area contributed by atoms with E-state index >= 15 is 0 Å². The zero-order valence-corrected chi connectivity index (χ0v) is 17.9. The van der Waals surface area contributed by atoms with E-state index in [0.717, 1.165) is 25.5 Å². The third-order valence-corrected chi connectivity index (χ3v) is 7.44. The second-order valence-electron chi connectivity index (χ2n) is 9.07. The van der Waals surface area contributed by atoms with Crippen molar-refractivity contribution in [2.75, 3.05) is 13.1 Å². The van der Waals surface area contributed by atoms with Crippen molar-refractivity contribution in [2.45, 2.75) is 69.4 Å². The van der Waals surface area contributed by atoms with Crippen LogP contribution in [-0.4, -0.2) is 66.0 Å². The van der Waals surface area contributed by atoms with Crippen molar-refractivity contribution in [1.29, 1.82) is 0 Å². The molecule has 8 heteroatoms. The highest BCUT2D eigenvalue weighted by atomic mass is 19.3. The third-order valence-electron chi connectivity index (χ3n) is 7.44. The smallest absolute Gasteiger partial charge is 0.254 e. The number of aliphatic hydroxyl groups is 1. The van der Waals surface area contributed by atoms with Gasteiger partial charge in [-0.05, 0) is 37.8 Å². The maximum Gasteiger partial charge on any atom is 0.254 e. The van der Waals surface area contributed by atoms with Gasteiger partial charge in [0, 0.05) is 48.8 Å². The molecule has 3 N–H and O–H groups in total. The van der Waals surface area contributed by atoms with Crippen molar-refractivity contribution in [3.8, 4) is 0 Å². The molecular weight excluding hydrogens is 402 g/mol. The van der Waals surface area contributed by atoms with Gasteiger partial charge >= 0.3 is 0 Å². The predicted octanol–water partition coefficient (Wildman–Crippen LogP) is 2.38. The van der Waals surface area contributed by atoms with Crippen LogP contribution in [0.25, 0.3) is 0 Å². The van der Waals surface area contributed by atoms with E-state index in [-0.39, 0.29) is 30.3 Å². The Kier molecular flexibility index (Phi) is 6.42. The standard InChI is InChI=1S/C23H32F2N4O2/c1-2-23(24,25)16-6-5-7-17(14-16)27-19(15-30)29-12-9-22(10-13-29)20(28-21(22)31)18-8-3-4-11-26-18/h3-7,11,15-16,18-21,27-28,31H,2,8-10,12-14H2,1H3/t16?,18-,19?,20?,21?/m1/s1. The van der Waals surface area contributed by atoms with Crippen LogP contribution >= 0.6 is 0 Å². The summed E-state index contributed by atoms with van der Waals surface area (Å²) >= 11 is 0. The van der Waals surface area contributed by atoms with Gasteiger partial charge in [0.2, 0.25) is 0 Å². The molecule has 2 fully saturated rings. The Bertz CT molecular complexity index is 786. The zero-order chi connectivity index (χ0) is 22.1. The minimum absolute atomic E-state index is 0.122. The van der Waals surface area contributed by atoms with Crippen LogP contribution in [0.5, 0.6) is 0 Å². The van der Waals surface area contributed by atoms with E-state index in [0.29, 0.717) is 18.8 Å². The van der Waals surface area contributed by atoms with Crippen molar-refractivity contribution in [1.82, 2.24) is 15.5 Å². The van der Waals surface area contributed by atoms with Crippen LogP contribution in [0.4, 0.5) is 8.78 Å². The molecule has 0 bridgehead atoms. The number of piperidine rings is 1. The number of nitrogens with zero attached hydrogens (tertiary/aromatic N) is 2. The molecule has 3 aliphatic heterocycles. The molecule has 1 aliphatic carbocycles. The third kappa shape index (κ3) is 4.25. The van der Waals surface area contributed by atoms with E-state index in [9.17, 15) is 18.7 Å². The zero-order valence-electron chi connectivity index (χ0n) is 17.9.